The standard InChI is InChI=1S/C20H28N2O2/c1-3-24-19-8-5-14(12-18(19)21)6-9-20(23)22-13(2)17-11-15-4-7-16(17)10-15/h5-6,8-9,12-13,15-17H,3-4,7,10-11,21H2,1-2H3,(H,22,23)/b9-6-. The number of ether oxygens (including phenoxy) is 1. The topological polar surface area (TPSA) is 64.3 Å². The molecule has 3 N–H and O–H groups in total. The van der Waals surface area contributed by atoms with Crippen LogP contribution in [0.1, 0.15) is 45.1 Å². The summed E-state index contributed by atoms with van der Waals surface area (Å²) < 4.78 is 5.42. The number of hydrogen-bond acceptors (Lipinski definition) is 3. The quantitative estimate of drug-likeness (QED) is 0.619. The molecule has 4 heteroatoms. The van der Waals surface area contributed by atoms with Crippen molar-refractivity contribution in [3.8, 4) is 5.75 Å². The number of amides is 1. The largest absolute Gasteiger partial charge is 0.492 e. The Bertz CT molecular complexity index is 626. The molecule has 1 amide bonds. The molecule has 4 atom stereocenters. The molecule has 2 saturated carbocycles. The Kier molecular flexibility index (Phi) is 5.12. The highest BCUT2D eigenvalue weighted by molar-refractivity contribution is 5.92. The molecule has 0 heterocycles. The third-order valence-electron chi connectivity index (χ3n) is 5.57. The minimum atomic E-state index is -0.0299. The molecule has 2 aliphatic carbocycles. The maximum Gasteiger partial charge on any atom is 0.244 e. The van der Waals surface area contributed by atoms with Gasteiger partial charge in [0.15, 0.2) is 0 Å². The molecule has 0 aromatic heterocycles. The maximum absolute atomic E-state index is 12.2. The molecule has 0 saturated heterocycles. The summed E-state index contributed by atoms with van der Waals surface area (Å²) in [6.45, 7) is 4.66. The van der Waals surface area contributed by atoms with E-state index in [0.717, 1.165) is 17.4 Å². The van der Waals surface area contributed by atoms with Gasteiger partial charge in [0.25, 0.3) is 0 Å². The Labute approximate surface area is 144 Å². The van der Waals surface area contributed by atoms with Crippen LogP contribution in [0.5, 0.6) is 5.75 Å². The van der Waals surface area contributed by atoms with Crippen molar-refractivity contribution in [2.75, 3.05) is 12.3 Å². The molecule has 2 fully saturated rings. The third-order valence-corrected chi connectivity index (χ3v) is 5.57. The predicted octanol–water partition coefficient (Wildman–Crippen LogP) is 3.62. The summed E-state index contributed by atoms with van der Waals surface area (Å²) in [4.78, 5) is 12.2. The number of carbonyl (C=O) groups is 1. The second kappa shape index (κ2) is 7.29. The highest BCUT2D eigenvalue weighted by Crippen LogP contribution is 2.49. The number of nitrogens with two attached hydrogens (primary N) is 1. The SMILES string of the molecule is CCOc1ccc(/C=C\C(=O)NC(C)C2CC3CCC2C3)cc1N. The summed E-state index contributed by atoms with van der Waals surface area (Å²) in [5.41, 5.74) is 7.45. The highest BCUT2D eigenvalue weighted by atomic mass is 16.5. The fourth-order valence-electron chi connectivity index (χ4n) is 4.42. The van der Waals surface area contributed by atoms with Crippen molar-refractivity contribution in [2.24, 2.45) is 17.8 Å². The van der Waals surface area contributed by atoms with E-state index in [9.17, 15) is 4.79 Å². The molecule has 130 valence electrons. The Morgan fingerprint density at radius 3 is 2.88 bits per heavy atom. The Balaban J connectivity index is 1.54. The van der Waals surface area contributed by atoms with Crippen molar-refractivity contribution in [1.82, 2.24) is 5.32 Å². The number of fused-ring (bicyclic) bond motifs is 2. The van der Waals surface area contributed by atoms with E-state index in [0.29, 0.717) is 24.0 Å². The lowest BCUT2D eigenvalue weighted by Gasteiger charge is -2.28. The first-order chi connectivity index (χ1) is 11.6. The van der Waals surface area contributed by atoms with E-state index in [1.54, 1.807) is 12.2 Å². The van der Waals surface area contributed by atoms with Gasteiger partial charge < -0.3 is 15.8 Å². The molecule has 0 aliphatic heterocycles. The number of hydrogen-bond donors (Lipinski definition) is 2. The smallest absolute Gasteiger partial charge is 0.244 e. The van der Waals surface area contributed by atoms with Crippen LogP contribution < -0.4 is 15.8 Å². The van der Waals surface area contributed by atoms with Crippen LogP contribution in [0.4, 0.5) is 5.69 Å². The summed E-state index contributed by atoms with van der Waals surface area (Å²) in [5, 5.41) is 3.14. The van der Waals surface area contributed by atoms with Gasteiger partial charge in [0.1, 0.15) is 5.75 Å². The third kappa shape index (κ3) is 3.74. The zero-order chi connectivity index (χ0) is 17.1. The van der Waals surface area contributed by atoms with Gasteiger partial charge in [0.05, 0.1) is 12.3 Å². The second-order valence-corrected chi connectivity index (χ2v) is 7.20. The van der Waals surface area contributed by atoms with E-state index in [4.69, 9.17) is 10.5 Å². The zero-order valence-corrected chi connectivity index (χ0v) is 14.6. The summed E-state index contributed by atoms with van der Waals surface area (Å²) in [7, 11) is 0. The van der Waals surface area contributed by atoms with Crippen molar-refractivity contribution in [3.63, 3.8) is 0 Å². The Hall–Kier alpha value is -1.97. The van der Waals surface area contributed by atoms with Crippen molar-refractivity contribution in [1.29, 1.82) is 0 Å². The van der Waals surface area contributed by atoms with Gasteiger partial charge >= 0.3 is 0 Å². The van der Waals surface area contributed by atoms with Crippen LogP contribution in [0.25, 0.3) is 6.08 Å². The number of anilines is 1. The van der Waals surface area contributed by atoms with Crippen LogP contribution in [0, 0.1) is 17.8 Å². The fourth-order valence-corrected chi connectivity index (χ4v) is 4.42. The van der Waals surface area contributed by atoms with Gasteiger partial charge in [0, 0.05) is 12.1 Å². The fraction of sp³-hybridized carbons (Fsp3) is 0.550. The van der Waals surface area contributed by atoms with Gasteiger partial charge in [-0.1, -0.05) is 12.5 Å². The molecular weight excluding hydrogens is 300 g/mol. The molecule has 1 aromatic carbocycles. The second-order valence-electron chi connectivity index (χ2n) is 7.20. The molecule has 2 bridgehead atoms. The maximum atomic E-state index is 12.2. The molecule has 4 nitrogen and oxygen atoms in total. The average Bonchev–Trinajstić information content (AvgIpc) is 3.18. The molecule has 1 aromatic rings. The van der Waals surface area contributed by atoms with E-state index in [1.165, 1.54) is 25.7 Å². The van der Waals surface area contributed by atoms with Crippen molar-refractivity contribution in [3.05, 3.63) is 29.8 Å². The first kappa shape index (κ1) is 16.9. The lowest BCUT2D eigenvalue weighted by Crippen LogP contribution is -2.39. The summed E-state index contributed by atoms with van der Waals surface area (Å²) in [6.07, 6.45) is 8.78. The summed E-state index contributed by atoms with van der Waals surface area (Å²) in [6, 6.07) is 5.83. The van der Waals surface area contributed by atoms with Gasteiger partial charge in [-0.2, -0.15) is 0 Å². The van der Waals surface area contributed by atoms with Crippen LogP contribution in [0.3, 0.4) is 0 Å². The van der Waals surface area contributed by atoms with E-state index in [1.807, 2.05) is 25.1 Å². The van der Waals surface area contributed by atoms with Gasteiger partial charge in [-0.05, 0) is 74.6 Å². The molecule has 3 rings (SSSR count). The number of carbonyl (C=O) groups excluding carboxylic acids is 1. The summed E-state index contributed by atoms with van der Waals surface area (Å²) >= 11 is 0. The van der Waals surface area contributed by atoms with Gasteiger partial charge in [-0.15, -0.1) is 0 Å². The van der Waals surface area contributed by atoms with E-state index in [2.05, 4.69) is 12.2 Å². The minimum Gasteiger partial charge on any atom is -0.492 e. The van der Waals surface area contributed by atoms with Crippen molar-refractivity contribution < 1.29 is 9.53 Å². The van der Waals surface area contributed by atoms with Crippen LogP contribution in [0.15, 0.2) is 24.3 Å². The van der Waals surface area contributed by atoms with Crippen LogP contribution in [-0.2, 0) is 4.79 Å². The van der Waals surface area contributed by atoms with E-state index >= 15 is 0 Å². The van der Waals surface area contributed by atoms with Crippen LogP contribution in [0.2, 0.25) is 0 Å². The molecule has 2 aliphatic rings. The number of rotatable bonds is 6. The van der Waals surface area contributed by atoms with Crippen molar-refractivity contribution in [2.45, 2.75) is 45.6 Å². The molecule has 4 unspecified atom stereocenters. The molecule has 0 spiro atoms. The Morgan fingerprint density at radius 2 is 2.25 bits per heavy atom. The van der Waals surface area contributed by atoms with E-state index < -0.39 is 0 Å². The molecule has 0 radical (unpaired) electrons. The first-order valence-electron chi connectivity index (χ1n) is 9.07. The molecular formula is C20H28N2O2. The predicted molar refractivity (Wildman–Crippen MR) is 97.6 cm³/mol. The van der Waals surface area contributed by atoms with Crippen LogP contribution in [-0.4, -0.2) is 18.6 Å². The Morgan fingerprint density at radius 1 is 1.42 bits per heavy atom. The highest BCUT2D eigenvalue weighted by Gasteiger charge is 2.41. The monoisotopic (exact) mass is 328 g/mol. The lowest BCUT2D eigenvalue weighted by atomic mass is 9.84. The van der Waals surface area contributed by atoms with Crippen molar-refractivity contribution >= 4 is 17.7 Å². The number of nitrogen functional groups attached to an aromatic ring is 1. The van der Waals surface area contributed by atoms with E-state index in [-0.39, 0.29) is 11.9 Å². The lowest BCUT2D eigenvalue weighted by molar-refractivity contribution is -0.117. The number of nitrogens with one attached hydrogen (secondary N) is 1. The van der Waals surface area contributed by atoms with Crippen LogP contribution >= 0.6 is 0 Å². The first-order valence-corrected chi connectivity index (χ1v) is 9.07. The van der Waals surface area contributed by atoms with Gasteiger partial charge in [-0.3, -0.25) is 4.79 Å². The average molecular weight is 328 g/mol. The van der Waals surface area contributed by atoms with Gasteiger partial charge in [-0.25, -0.2) is 0 Å². The normalized spacial score (nSPS) is 26.7. The zero-order valence-electron chi connectivity index (χ0n) is 14.6. The molecule has 24 heavy (non-hydrogen) atoms. The summed E-state index contributed by atoms with van der Waals surface area (Å²) in [5.74, 6) is 3.03. The number of benzene rings is 1. The minimum absolute atomic E-state index is 0.0299. The van der Waals surface area contributed by atoms with Gasteiger partial charge in [0.2, 0.25) is 5.91 Å².